The van der Waals surface area contributed by atoms with Crippen LogP contribution in [0.3, 0.4) is 0 Å². The highest BCUT2D eigenvalue weighted by Crippen LogP contribution is 2.27. The second kappa shape index (κ2) is 8.42. The van der Waals surface area contributed by atoms with Gasteiger partial charge in [-0.05, 0) is 60.8 Å². The van der Waals surface area contributed by atoms with E-state index in [0.29, 0.717) is 21.4 Å². The SMILES string of the molecule is O=C(CSc1nnc(-c2ccc3ccccc3c2)o1)Nc1ncc(Br)cc1Br. The van der Waals surface area contributed by atoms with Crippen LogP contribution in [-0.2, 0) is 4.79 Å². The number of amides is 1. The van der Waals surface area contributed by atoms with Crippen molar-refractivity contribution in [1.29, 1.82) is 0 Å². The minimum absolute atomic E-state index is 0.129. The molecule has 1 N–H and O–H groups in total. The summed E-state index contributed by atoms with van der Waals surface area (Å²) in [6.07, 6.45) is 1.61. The number of nitrogens with one attached hydrogen (secondary N) is 1. The third kappa shape index (κ3) is 4.43. The van der Waals surface area contributed by atoms with Crippen LogP contribution in [0, 0.1) is 0 Å². The van der Waals surface area contributed by atoms with Crippen molar-refractivity contribution in [3.63, 3.8) is 0 Å². The molecule has 140 valence electrons. The molecule has 0 unspecified atom stereocenters. The number of carbonyl (C=O) groups excluding carboxylic acids is 1. The number of carbonyl (C=O) groups is 1. The second-order valence-corrected chi connectivity index (χ2v) is 8.45. The van der Waals surface area contributed by atoms with Crippen molar-refractivity contribution < 1.29 is 9.21 Å². The Hall–Kier alpha value is -2.23. The standard InChI is InChI=1S/C19H12Br2N4O2S/c20-14-8-15(21)17(22-9-14)23-16(26)10-28-19-25-24-18(27-19)13-6-5-11-3-1-2-4-12(11)7-13/h1-9H,10H2,(H,22,23,26). The number of halogens is 2. The molecule has 0 aliphatic rings. The summed E-state index contributed by atoms with van der Waals surface area (Å²) < 4.78 is 7.20. The van der Waals surface area contributed by atoms with E-state index >= 15 is 0 Å². The Morgan fingerprint density at radius 3 is 2.71 bits per heavy atom. The molecule has 4 aromatic rings. The molecule has 0 spiro atoms. The summed E-state index contributed by atoms with van der Waals surface area (Å²) in [5.74, 6) is 0.789. The molecule has 0 atom stereocenters. The minimum Gasteiger partial charge on any atom is -0.411 e. The van der Waals surface area contributed by atoms with Crippen molar-refractivity contribution in [2.45, 2.75) is 5.22 Å². The Bertz CT molecular complexity index is 1170. The first kappa shape index (κ1) is 19.1. The zero-order valence-corrected chi connectivity index (χ0v) is 18.2. The fourth-order valence-corrected chi connectivity index (χ4v) is 4.16. The molecule has 2 aromatic heterocycles. The van der Waals surface area contributed by atoms with E-state index in [1.807, 2.05) is 48.5 Å². The van der Waals surface area contributed by atoms with Gasteiger partial charge in [-0.25, -0.2) is 4.98 Å². The molecule has 0 aliphatic heterocycles. The molecule has 0 fully saturated rings. The van der Waals surface area contributed by atoms with Gasteiger partial charge < -0.3 is 9.73 Å². The van der Waals surface area contributed by atoms with Crippen LogP contribution in [-0.4, -0.2) is 26.8 Å². The molecule has 6 nitrogen and oxygen atoms in total. The number of pyridine rings is 1. The first-order valence-electron chi connectivity index (χ1n) is 8.15. The number of hydrogen-bond donors (Lipinski definition) is 1. The lowest BCUT2D eigenvalue weighted by Crippen LogP contribution is -2.15. The Morgan fingerprint density at radius 1 is 1.07 bits per heavy atom. The lowest BCUT2D eigenvalue weighted by molar-refractivity contribution is -0.113. The molecule has 0 bridgehead atoms. The van der Waals surface area contributed by atoms with E-state index in [1.165, 1.54) is 11.8 Å². The molecule has 2 heterocycles. The Labute approximate surface area is 181 Å². The van der Waals surface area contributed by atoms with Gasteiger partial charge in [-0.15, -0.1) is 10.2 Å². The quantitative estimate of drug-likeness (QED) is 0.348. The van der Waals surface area contributed by atoms with Gasteiger partial charge in [0.1, 0.15) is 5.82 Å². The summed E-state index contributed by atoms with van der Waals surface area (Å²) in [5.41, 5.74) is 0.838. The van der Waals surface area contributed by atoms with Gasteiger partial charge in [-0.3, -0.25) is 4.79 Å². The largest absolute Gasteiger partial charge is 0.411 e. The molecule has 0 saturated carbocycles. The van der Waals surface area contributed by atoms with E-state index in [9.17, 15) is 4.79 Å². The maximum absolute atomic E-state index is 12.2. The van der Waals surface area contributed by atoms with Crippen LogP contribution in [0.5, 0.6) is 0 Å². The van der Waals surface area contributed by atoms with Crippen molar-refractivity contribution >= 4 is 66.1 Å². The normalized spacial score (nSPS) is 10.9. The van der Waals surface area contributed by atoms with Crippen molar-refractivity contribution in [3.8, 4) is 11.5 Å². The predicted molar refractivity (Wildman–Crippen MR) is 116 cm³/mol. The maximum atomic E-state index is 12.2. The number of nitrogens with zero attached hydrogens (tertiary/aromatic N) is 3. The second-order valence-electron chi connectivity index (χ2n) is 5.76. The van der Waals surface area contributed by atoms with Gasteiger partial charge in [0.2, 0.25) is 11.8 Å². The van der Waals surface area contributed by atoms with Gasteiger partial charge in [-0.2, -0.15) is 0 Å². The van der Waals surface area contributed by atoms with Crippen LogP contribution < -0.4 is 5.32 Å². The molecule has 9 heteroatoms. The van der Waals surface area contributed by atoms with Crippen LogP contribution >= 0.6 is 43.6 Å². The van der Waals surface area contributed by atoms with Crippen molar-refractivity contribution in [2.75, 3.05) is 11.1 Å². The zero-order valence-electron chi connectivity index (χ0n) is 14.2. The van der Waals surface area contributed by atoms with Gasteiger partial charge >= 0.3 is 0 Å². The first-order valence-corrected chi connectivity index (χ1v) is 10.7. The Balaban J connectivity index is 1.40. The van der Waals surface area contributed by atoms with Crippen LogP contribution in [0.25, 0.3) is 22.2 Å². The van der Waals surface area contributed by atoms with Crippen molar-refractivity contribution in [2.24, 2.45) is 0 Å². The Kier molecular flexibility index (Phi) is 5.74. The highest BCUT2D eigenvalue weighted by Gasteiger charge is 2.13. The summed E-state index contributed by atoms with van der Waals surface area (Å²) in [6, 6.07) is 15.8. The fraction of sp³-hybridized carbons (Fsp3) is 0.0526. The first-order chi connectivity index (χ1) is 13.6. The average Bonchev–Trinajstić information content (AvgIpc) is 3.17. The lowest BCUT2D eigenvalue weighted by atomic mass is 10.1. The molecule has 1 amide bonds. The summed E-state index contributed by atoms with van der Waals surface area (Å²) >= 11 is 7.86. The number of thioether (sulfide) groups is 1. The molecule has 0 saturated heterocycles. The number of hydrogen-bond acceptors (Lipinski definition) is 6. The van der Waals surface area contributed by atoms with Crippen LogP contribution in [0.1, 0.15) is 0 Å². The van der Waals surface area contributed by atoms with Crippen LogP contribution in [0.15, 0.2) is 73.3 Å². The van der Waals surface area contributed by atoms with Crippen LogP contribution in [0.4, 0.5) is 5.82 Å². The van der Waals surface area contributed by atoms with E-state index < -0.39 is 0 Å². The number of fused-ring (bicyclic) bond motifs is 1. The highest BCUT2D eigenvalue weighted by atomic mass is 79.9. The summed E-state index contributed by atoms with van der Waals surface area (Å²) in [5, 5.41) is 13.4. The monoisotopic (exact) mass is 518 g/mol. The van der Waals surface area contributed by atoms with E-state index in [1.54, 1.807) is 6.20 Å². The van der Waals surface area contributed by atoms with Crippen molar-refractivity contribution in [3.05, 3.63) is 63.7 Å². The molecule has 0 aliphatic carbocycles. The molecule has 4 rings (SSSR count). The summed E-state index contributed by atoms with van der Waals surface area (Å²) in [7, 11) is 0. The lowest BCUT2D eigenvalue weighted by Gasteiger charge is -2.05. The zero-order chi connectivity index (χ0) is 19.5. The third-order valence-electron chi connectivity index (χ3n) is 3.80. The predicted octanol–water partition coefficient (Wildman–Crippen LogP) is 5.54. The molecular formula is C19H12Br2N4O2S. The third-order valence-corrected chi connectivity index (χ3v) is 5.65. The summed E-state index contributed by atoms with van der Waals surface area (Å²) in [6.45, 7) is 0. The number of aromatic nitrogens is 3. The smallest absolute Gasteiger partial charge is 0.277 e. The number of anilines is 1. The minimum atomic E-state index is -0.217. The highest BCUT2D eigenvalue weighted by molar-refractivity contribution is 9.11. The average molecular weight is 520 g/mol. The van der Waals surface area contributed by atoms with Gasteiger partial charge in [0, 0.05) is 16.2 Å². The van der Waals surface area contributed by atoms with Gasteiger partial charge in [0.25, 0.3) is 5.22 Å². The number of rotatable bonds is 5. The van der Waals surface area contributed by atoms with Crippen LogP contribution in [0.2, 0.25) is 0 Å². The van der Waals surface area contributed by atoms with E-state index in [2.05, 4.69) is 52.4 Å². The molecule has 2 aromatic carbocycles. The topological polar surface area (TPSA) is 80.9 Å². The van der Waals surface area contributed by atoms with E-state index in [-0.39, 0.29) is 11.7 Å². The fourth-order valence-electron chi connectivity index (χ4n) is 2.51. The molecule has 28 heavy (non-hydrogen) atoms. The maximum Gasteiger partial charge on any atom is 0.277 e. The number of benzene rings is 2. The van der Waals surface area contributed by atoms with E-state index in [4.69, 9.17) is 4.42 Å². The van der Waals surface area contributed by atoms with Gasteiger partial charge in [0.15, 0.2) is 0 Å². The summed E-state index contributed by atoms with van der Waals surface area (Å²) in [4.78, 5) is 16.3. The van der Waals surface area contributed by atoms with E-state index in [0.717, 1.165) is 20.8 Å². The molecule has 0 radical (unpaired) electrons. The van der Waals surface area contributed by atoms with Crippen molar-refractivity contribution in [1.82, 2.24) is 15.2 Å². The molecular weight excluding hydrogens is 508 g/mol. The van der Waals surface area contributed by atoms with Gasteiger partial charge in [0.05, 0.1) is 10.2 Å². The Morgan fingerprint density at radius 2 is 1.89 bits per heavy atom. The van der Waals surface area contributed by atoms with Gasteiger partial charge in [-0.1, -0.05) is 42.1 Å².